The van der Waals surface area contributed by atoms with Crippen molar-refractivity contribution in [2.45, 2.75) is 25.4 Å². The average Bonchev–Trinajstić information content (AvgIpc) is 2.98. The topological polar surface area (TPSA) is 42.5 Å². The molecule has 1 atom stereocenters. The van der Waals surface area contributed by atoms with Gasteiger partial charge in [-0.2, -0.15) is 0 Å². The van der Waals surface area contributed by atoms with Gasteiger partial charge in [-0.05, 0) is 43.6 Å². The SMILES string of the molecule is Fc1ccccc1NC(=S)NCCCOC[C@@H]1CCCO1. The van der Waals surface area contributed by atoms with Crippen LogP contribution in [-0.2, 0) is 9.47 Å². The molecule has 0 spiro atoms. The summed E-state index contributed by atoms with van der Waals surface area (Å²) in [7, 11) is 0. The molecule has 116 valence electrons. The summed E-state index contributed by atoms with van der Waals surface area (Å²) in [4.78, 5) is 0. The van der Waals surface area contributed by atoms with Crippen LogP contribution in [0.3, 0.4) is 0 Å². The van der Waals surface area contributed by atoms with Crippen LogP contribution in [0.1, 0.15) is 19.3 Å². The van der Waals surface area contributed by atoms with Crippen LogP contribution in [0.2, 0.25) is 0 Å². The number of benzene rings is 1. The number of anilines is 1. The molecule has 21 heavy (non-hydrogen) atoms. The molecule has 0 unspecified atom stereocenters. The van der Waals surface area contributed by atoms with E-state index in [-0.39, 0.29) is 11.9 Å². The lowest BCUT2D eigenvalue weighted by Crippen LogP contribution is -2.30. The summed E-state index contributed by atoms with van der Waals surface area (Å²) in [6, 6.07) is 6.44. The van der Waals surface area contributed by atoms with Gasteiger partial charge in [-0.1, -0.05) is 12.1 Å². The first-order valence-corrected chi connectivity index (χ1v) is 7.65. The zero-order valence-corrected chi connectivity index (χ0v) is 12.8. The summed E-state index contributed by atoms with van der Waals surface area (Å²) in [6.45, 7) is 2.87. The second-order valence-electron chi connectivity index (χ2n) is 4.92. The molecule has 0 bridgehead atoms. The molecule has 6 heteroatoms. The maximum Gasteiger partial charge on any atom is 0.170 e. The van der Waals surface area contributed by atoms with Gasteiger partial charge in [0.1, 0.15) is 5.82 Å². The van der Waals surface area contributed by atoms with Crippen molar-refractivity contribution >= 4 is 23.0 Å². The van der Waals surface area contributed by atoms with Gasteiger partial charge in [0.05, 0.1) is 18.4 Å². The predicted molar refractivity (Wildman–Crippen MR) is 85.0 cm³/mol. The molecule has 4 nitrogen and oxygen atoms in total. The first-order valence-electron chi connectivity index (χ1n) is 7.24. The van der Waals surface area contributed by atoms with Crippen molar-refractivity contribution in [3.63, 3.8) is 0 Å². The molecule has 1 aliphatic heterocycles. The highest BCUT2D eigenvalue weighted by atomic mass is 32.1. The van der Waals surface area contributed by atoms with Crippen molar-refractivity contribution in [2.24, 2.45) is 0 Å². The summed E-state index contributed by atoms with van der Waals surface area (Å²) in [5, 5.41) is 6.28. The molecular formula is C15H21FN2O2S. The molecule has 1 saturated heterocycles. The molecule has 1 aromatic rings. The molecule has 2 N–H and O–H groups in total. The Hall–Kier alpha value is -1.24. The minimum atomic E-state index is -0.318. The summed E-state index contributed by atoms with van der Waals surface area (Å²) in [6.07, 6.45) is 3.33. The molecule has 1 aromatic carbocycles. The van der Waals surface area contributed by atoms with Crippen LogP contribution in [0.15, 0.2) is 24.3 Å². The van der Waals surface area contributed by atoms with E-state index < -0.39 is 0 Å². The highest BCUT2D eigenvalue weighted by molar-refractivity contribution is 7.80. The van der Waals surface area contributed by atoms with E-state index in [1.54, 1.807) is 18.2 Å². The quantitative estimate of drug-likeness (QED) is 0.598. The monoisotopic (exact) mass is 312 g/mol. The Morgan fingerprint density at radius 3 is 3.05 bits per heavy atom. The van der Waals surface area contributed by atoms with E-state index >= 15 is 0 Å². The van der Waals surface area contributed by atoms with Gasteiger partial charge in [-0.15, -0.1) is 0 Å². The minimum Gasteiger partial charge on any atom is -0.379 e. The molecule has 1 fully saturated rings. The van der Waals surface area contributed by atoms with Gasteiger partial charge in [0.15, 0.2) is 5.11 Å². The normalized spacial score (nSPS) is 17.7. The average molecular weight is 312 g/mol. The van der Waals surface area contributed by atoms with Crippen LogP contribution in [0.4, 0.5) is 10.1 Å². The number of rotatable bonds is 7. The maximum absolute atomic E-state index is 13.4. The molecule has 2 rings (SSSR count). The van der Waals surface area contributed by atoms with Crippen LogP contribution >= 0.6 is 12.2 Å². The lowest BCUT2D eigenvalue weighted by atomic mass is 10.2. The first-order chi connectivity index (χ1) is 10.3. The number of halogens is 1. The molecule has 0 radical (unpaired) electrons. The maximum atomic E-state index is 13.4. The smallest absolute Gasteiger partial charge is 0.170 e. The first kappa shape index (κ1) is 16.1. The Balaban J connectivity index is 1.52. The van der Waals surface area contributed by atoms with E-state index in [9.17, 15) is 4.39 Å². The van der Waals surface area contributed by atoms with Gasteiger partial charge < -0.3 is 20.1 Å². The predicted octanol–water partition coefficient (Wildman–Crippen LogP) is 2.70. The molecule has 0 aromatic heterocycles. The lowest BCUT2D eigenvalue weighted by Gasteiger charge is -2.12. The standard InChI is InChI=1S/C15H21FN2O2S/c16-13-6-1-2-7-14(13)18-15(21)17-8-4-9-19-11-12-5-3-10-20-12/h1-2,6-7,12H,3-5,8-11H2,(H2,17,18,21)/t12-/m0/s1. The van der Waals surface area contributed by atoms with E-state index in [4.69, 9.17) is 21.7 Å². The van der Waals surface area contributed by atoms with Gasteiger partial charge in [0, 0.05) is 19.8 Å². The second-order valence-corrected chi connectivity index (χ2v) is 5.33. The number of hydrogen-bond acceptors (Lipinski definition) is 3. The van der Waals surface area contributed by atoms with Crippen molar-refractivity contribution in [2.75, 3.05) is 31.7 Å². The van der Waals surface area contributed by atoms with Gasteiger partial charge in [0.2, 0.25) is 0 Å². The summed E-state index contributed by atoms with van der Waals surface area (Å²) < 4.78 is 24.4. The fraction of sp³-hybridized carbons (Fsp3) is 0.533. The van der Waals surface area contributed by atoms with E-state index in [2.05, 4.69) is 10.6 Å². The number of ether oxygens (including phenoxy) is 2. The Labute approximate surface area is 130 Å². The van der Waals surface area contributed by atoms with E-state index in [1.165, 1.54) is 6.07 Å². The fourth-order valence-corrected chi connectivity index (χ4v) is 2.31. The number of thiocarbonyl (C=S) groups is 1. The summed E-state index contributed by atoms with van der Waals surface area (Å²) >= 11 is 5.11. The van der Waals surface area contributed by atoms with Gasteiger partial charge in [-0.3, -0.25) is 0 Å². The largest absolute Gasteiger partial charge is 0.379 e. The van der Waals surface area contributed by atoms with E-state index in [1.807, 2.05) is 0 Å². The van der Waals surface area contributed by atoms with Crippen molar-refractivity contribution in [1.82, 2.24) is 5.32 Å². The van der Waals surface area contributed by atoms with Crippen LogP contribution < -0.4 is 10.6 Å². The molecule has 0 aliphatic carbocycles. The Morgan fingerprint density at radius 2 is 2.29 bits per heavy atom. The Kier molecular flexibility index (Phi) is 6.85. The molecule has 0 amide bonds. The molecular weight excluding hydrogens is 291 g/mol. The Morgan fingerprint density at radius 1 is 1.43 bits per heavy atom. The van der Waals surface area contributed by atoms with Crippen LogP contribution in [0, 0.1) is 5.82 Å². The third-order valence-electron chi connectivity index (χ3n) is 3.20. The summed E-state index contributed by atoms with van der Waals surface area (Å²) in [5.74, 6) is -0.318. The highest BCUT2D eigenvalue weighted by Gasteiger charge is 2.14. The highest BCUT2D eigenvalue weighted by Crippen LogP contribution is 2.12. The fourth-order valence-electron chi connectivity index (χ4n) is 2.10. The third-order valence-corrected chi connectivity index (χ3v) is 3.45. The molecule has 1 aliphatic rings. The van der Waals surface area contributed by atoms with Crippen LogP contribution in [-0.4, -0.2) is 37.6 Å². The van der Waals surface area contributed by atoms with Crippen molar-refractivity contribution in [3.05, 3.63) is 30.1 Å². The zero-order chi connectivity index (χ0) is 14.9. The number of nitrogens with one attached hydrogen (secondary N) is 2. The van der Waals surface area contributed by atoms with Crippen molar-refractivity contribution in [1.29, 1.82) is 0 Å². The Bertz CT molecular complexity index is 453. The summed E-state index contributed by atoms with van der Waals surface area (Å²) in [5.41, 5.74) is 0.379. The van der Waals surface area contributed by atoms with Crippen LogP contribution in [0.5, 0.6) is 0 Å². The molecule has 0 saturated carbocycles. The minimum absolute atomic E-state index is 0.266. The zero-order valence-electron chi connectivity index (χ0n) is 11.9. The van der Waals surface area contributed by atoms with Gasteiger partial charge in [0.25, 0.3) is 0 Å². The lowest BCUT2D eigenvalue weighted by molar-refractivity contribution is 0.0168. The van der Waals surface area contributed by atoms with E-state index in [0.29, 0.717) is 30.6 Å². The second kappa shape index (κ2) is 8.92. The third kappa shape index (κ3) is 5.95. The van der Waals surface area contributed by atoms with E-state index in [0.717, 1.165) is 25.9 Å². The number of para-hydroxylation sites is 1. The number of hydrogen-bond donors (Lipinski definition) is 2. The van der Waals surface area contributed by atoms with Crippen molar-refractivity contribution in [3.8, 4) is 0 Å². The van der Waals surface area contributed by atoms with Gasteiger partial charge in [-0.25, -0.2) is 4.39 Å². The molecule has 1 heterocycles. The van der Waals surface area contributed by atoms with Crippen LogP contribution in [0.25, 0.3) is 0 Å². The van der Waals surface area contributed by atoms with Gasteiger partial charge >= 0.3 is 0 Å². The van der Waals surface area contributed by atoms with Crippen molar-refractivity contribution < 1.29 is 13.9 Å².